The highest BCUT2D eigenvalue weighted by atomic mass is 35.5. The van der Waals surface area contributed by atoms with Gasteiger partial charge in [-0.2, -0.15) is 19.9 Å². The molecule has 4 rings (SSSR count). The number of rotatable bonds is 0. The average molecular weight is 571 g/mol. The molecular formula is C22H24Cl2N6O8. The maximum absolute atomic E-state index is 6.00. The van der Waals surface area contributed by atoms with Gasteiger partial charge in [-0.25, -0.2) is 0 Å². The predicted molar refractivity (Wildman–Crippen MR) is 131 cm³/mol. The first-order valence-electron chi connectivity index (χ1n) is 11.5. The molecule has 6 bridgehead atoms. The molecule has 204 valence electrons. The molecule has 0 spiro atoms. The van der Waals surface area contributed by atoms with Gasteiger partial charge in [-0.05, 0) is 35.3 Å². The second-order valence-corrected chi connectivity index (χ2v) is 7.84. The summed E-state index contributed by atoms with van der Waals surface area (Å²) in [4.78, 5) is 24.0. The van der Waals surface area contributed by atoms with Crippen molar-refractivity contribution in [1.29, 1.82) is 0 Å². The summed E-state index contributed by atoms with van der Waals surface area (Å²) in [5.74, 6) is 0.684. The van der Waals surface area contributed by atoms with Crippen molar-refractivity contribution in [3.8, 4) is 35.5 Å². The van der Waals surface area contributed by atoms with Gasteiger partial charge in [0.15, 0.2) is 0 Å². The Kier molecular flexibility index (Phi) is 11.2. The van der Waals surface area contributed by atoms with Crippen LogP contribution in [0, 0.1) is 0 Å². The first kappa shape index (κ1) is 27.9. The Labute approximate surface area is 227 Å². The third-order valence-corrected chi connectivity index (χ3v) is 4.73. The quantitative estimate of drug-likeness (QED) is 0.389. The van der Waals surface area contributed by atoms with Gasteiger partial charge in [0.25, 0.3) is 0 Å². The van der Waals surface area contributed by atoms with Crippen LogP contribution in [0.2, 0.25) is 10.6 Å². The average Bonchev–Trinajstić information content (AvgIpc) is 2.87. The Morgan fingerprint density at radius 2 is 0.842 bits per heavy atom. The third-order valence-electron chi connectivity index (χ3n) is 4.39. The van der Waals surface area contributed by atoms with Gasteiger partial charge in [0.1, 0.15) is 24.7 Å². The lowest BCUT2D eigenvalue weighted by Gasteiger charge is -2.09. The largest absolute Gasteiger partial charge is 0.461 e. The van der Waals surface area contributed by atoms with Crippen molar-refractivity contribution in [2.45, 2.75) is 0 Å². The highest BCUT2D eigenvalue weighted by molar-refractivity contribution is 6.28. The monoisotopic (exact) mass is 570 g/mol. The lowest BCUT2D eigenvalue weighted by atomic mass is 10.3. The van der Waals surface area contributed by atoms with Crippen LogP contribution < -0.4 is 18.9 Å². The van der Waals surface area contributed by atoms with Gasteiger partial charge in [-0.1, -0.05) is 6.07 Å². The minimum atomic E-state index is -0.101. The highest BCUT2D eigenvalue weighted by Crippen LogP contribution is 2.27. The molecule has 3 aromatic rings. The van der Waals surface area contributed by atoms with Gasteiger partial charge >= 0.3 is 24.0 Å². The molecule has 0 N–H and O–H groups in total. The Bertz CT molecular complexity index is 1080. The summed E-state index contributed by atoms with van der Waals surface area (Å²) in [6.45, 7) is 3.44. The van der Waals surface area contributed by atoms with Crippen LogP contribution in [0.4, 0.5) is 0 Å². The van der Waals surface area contributed by atoms with Crippen LogP contribution in [0.15, 0.2) is 24.3 Å². The van der Waals surface area contributed by atoms with Crippen molar-refractivity contribution < 1.29 is 37.9 Å². The standard InChI is InChI=1S/C22H24Cl2N6O8/c23-17-25-19-29-21(27-17)37-15-2-1-3-16(14-15)38-22-28-18(24)26-20(30-22)36-13-11-34-9-7-32-5-4-31-6-8-33-10-12-35-19/h1-3,14H,4-13H2. The number of nitrogens with zero attached hydrogens (tertiary/aromatic N) is 6. The number of halogens is 2. The van der Waals surface area contributed by atoms with E-state index in [1.54, 1.807) is 24.3 Å². The van der Waals surface area contributed by atoms with Crippen LogP contribution in [0.3, 0.4) is 0 Å². The third kappa shape index (κ3) is 9.96. The maximum atomic E-state index is 6.00. The predicted octanol–water partition coefficient (Wildman–Crippen LogP) is 2.79. The molecule has 0 radical (unpaired) electrons. The summed E-state index contributed by atoms with van der Waals surface area (Å²) in [6, 6.07) is 6.39. The molecule has 0 aliphatic carbocycles. The minimum Gasteiger partial charge on any atom is -0.461 e. The molecule has 1 aliphatic heterocycles. The number of hydrogen-bond acceptors (Lipinski definition) is 14. The maximum Gasteiger partial charge on any atom is 0.329 e. The van der Waals surface area contributed by atoms with E-state index < -0.39 is 0 Å². The van der Waals surface area contributed by atoms with Gasteiger partial charge in [0.2, 0.25) is 10.6 Å². The van der Waals surface area contributed by atoms with E-state index in [4.69, 9.17) is 61.1 Å². The highest BCUT2D eigenvalue weighted by Gasteiger charge is 2.12. The van der Waals surface area contributed by atoms with E-state index in [1.807, 2.05) is 0 Å². The van der Waals surface area contributed by atoms with Gasteiger partial charge in [0.05, 0.1) is 52.9 Å². The number of hydrogen-bond donors (Lipinski definition) is 0. The van der Waals surface area contributed by atoms with Crippen molar-refractivity contribution in [2.75, 3.05) is 66.1 Å². The molecule has 0 fully saturated rings. The first-order valence-corrected chi connectivity index (χ1v) is 12.3. The topological polar surface area (TPSA) is 151 Å². The summed E-state index contributed by atoms with van der Waals surface area (Å²) in [5.41, 5.74) is 0. The van der Waals surface area contributed by atoms with Crippen LogP contribution in [-0.4, -0.2) is 96.0 Å². The molecule has 0 saturated heterocycles. The van der Waals surface area contributed by atoms with Crippen LogP contribution >= 0.6 is 23.2 Å². The van der Waals surface area contributed by atoms with Crippen LogP contribution in [0.1, 0.15) is 0 Å². The smallest absolute Gasteiger partial charge is 0.329 e. The zero-order valence-corrected chi connectivity index (χ0v) is 21.6. The van der Waals surface area contributed by atoms with Crippen molar-refractivity contribution >= 4 is 23.2 Å². The van der Waals surface area contributed by atoms with Gasteiger partial charge < -0.3 is 37.9 Å². The Balaban J connectivity index is 1.44. The number of ether oxygens (including phenoxy) is 8. The SMILES string of the molecule is Clc1nc2nc(n1)Oc1cccc(c1)Oc1nc(Cl)nc(n1)OCCOCCOCCOCCOCCO2. The van der Waals surface area contributed by atoms with E-state index in [-0.39, 0.29) is 47.8 Å². The zero-order chi connectivity index (χ0) is 26.4. The Morgan fingerprint density at radius 3 is 1.26 bits per heavy atom. The Morgan fingerprint density at radius 1 is 0.474 bits per heavy atom. The summed E-state index contributed by atoms with van der Waals surface area (Å²) in [5, 5.41) is -0.202. The zero-order valence-electron chi connectivity index (χ0n) is 20.1. The van der Waals surface area contributed by atoms with E-state index >= 15 is 0 Å². The summed E-state index contributed by atoms with van der Waals surface area (Å²) >= 11 is 12.0. The number of fused-ring (bicyclic) bond motifs is 6. The van der Waals surface area contributed by atoms with E-state index in [0.29, 0.717) is 64.4 Å². The van der Waals surface area contributed by atoms with Gasteiger partial charge in [-0.3, -0.25) is 0 Å². The molecule has 38 heavy (non-hydrogen) atoms. The van der Waals surface area contributed by atoms with E-state index in [1.165, 1.54) is 0 Å². The van der Waals surface area contributed by atoms with Gasteiger partial charge in [0, 0.05) is 6.07 Å². The second kappa shape index (κ2) is 15.3. The molecule has 1 aromatic carbocycles. The number of benzene rings is 1. The van der Waals surface area contributed by atoms with Gasteiger partial charge in [-0.15, -0.1) is 9.97 Å². The minimum absolute atomic E-state index is 0.0156. The molecule has 0 amide bonds. The molecule has 0 atom stereocenters. The molecular weight excluding hydrogens is 547 g/mol. The second-order valence-electron chi connectivity index (χ2n) is 7.16. The molecule has 1 aliphatic rings. The normalized spacial score (nSPS) is 16.6. The van der Waals surface area contributed by atoms with Crippen molar-refractivity contribution in [2.24, 2.45) is 0 Å². The first-order chi connectivity index (χ1) is 18.6. The van der Waals surface area contributed by atoms with E-state index in [9.17, 15) is 0 Å². The summed E-state index contributed by atoms with van der Waals surface area (Å²) < 4.78 is 44.2. The van der Waals surface area contributed by atoms with Crippen molar-refractivity contribution in [1.82, 2.24) is 29.9 Å². The number of aromatic nitrogens is 6. The lowest BCUT2D eigenvalue weighted by Crippen LogP contribution is -2.15. The molecule has 2 aromatic heterocycles. The van der Waals surface area contributed by atoms with E-state index in [0.717, 1.165) is 0 Å². The molecule has 0 unspecified atom stereocenters. The fraction of sp³-hybridized carbons (Fsp3) is 0.455. The van der Waals surface area contributed by atoms with Crippen LogP contribution in [0.25, 0.3) is 0 Å². The fourth-order valence-electron chi connectivity index (χ4n) is 2.81. The molecule has 0 saturated carbocycles. The molecule has 3 heterocycles. The van der Waals surface area contributed by atoms with E-state index in [2.05, 4.69) is 29.9 Å². The molecule has 16 heteroatoms. The van der Waals surface area contributed by atoms with Crippen molar-refractivity contribution in [3.05, 3.63) is 34.8 Å². The van der Waals surface area contributed by atoms with Crippen LogP contribution in [0.5, 0.6) is 35.5 Å². The van der Waals surface area contributed by atoms with Crippen LogP contribution in [-0.2, 0) is 18.9 Å². The summed E-state index contributed by atoms with van der Waals surface area (Å²) in [7, 11) is 0. The van der Waals surface area contributed by atoms with Crippen molar-refractivity contribution in [3.63, 3.8) is 0 Å². The summed E-state index contributed by atoms with van der Waals surface area (Å²) in [6.07, 6.45) is 0. The lowest BCUT2D eigenvalue weighted by molar-refractivity contribution is -0.00749. The molecule has 14 nitrogen and oxygen atoms in total. The fourth-order valence-corrected chi connectivity index (χ4v) is 3.10. The Hall–Kier alpha value is -3.14.